The Hall–Kier alpha value is -2.12. The number of nitro groups is 1. The molecule has 0 aliphatic carbocycles. The third kappa shape index (κ3) is 1.05. The Balaban J connectivity index is 3.31. The number of rotatable bonds is 2. The fourth-order valence-corrected chi connectivity index (χ4v) is 0.684. The van der Waals surface area contributed by atoms with Crippen LogP contribution >= 0.6 is 0 Å². The van der Waals surface area contributed by atoms with E-state index in [1.54, 1.807) is 0 Å². The molecular weight excluding hydrogens is 168 g/mol. The van der Waals surface area contributed by atoms with E-state index < -0.39 is 28.1 Å². The van der Waals surface area contributed by atoms with Gasteiger partial charge >= 0.3 is 11.7 Å². The maximum atomic E-state index is 10.3. The van der Waals surface area contributed by atoms with Crippen molar-refractivity contribution in [3.8, 4) is 0 Å². The molecule has 0 amide bonds. The van der Waals surface area contributed by atoms with Gasteiger partial charge in [0.15, 0.2) is 0 Å². The predicted octanol–water partition coefficient (Wildman–Crippen LogP) is -0.402. The highest BCUT2D eigenvalue weighted by Gasteiger charge is 2.26. The summed E-state index contributed by atoms with van der Waals surface area (Å²) in [6, 6.07) is 0. The lowest BCUT2D eigenvalue weighted by molar-refractivity contribution is -0.384. The van der Waals surface area contributed by atoms with E-state index in [4.69, 9.17) is 10.8 Å². The van der Waals surface area contributed by atoms with Gasteiger partial charge in [0.2, 0.25) is 11.5 Å². The van der Waals surface area contributed by atoms with E-state index in [1.807, 2.05) is 5.10 Å². The van der Waals surface area contributed by atoms with Crippen molar-refractivity contribution in [2.24, 2.45) is 0 Å². The van der Waals surface area contributed by atoms with Crippen molar-refractivity contribution in [1.29, 1.82) is 0 Å². The lowest BCUT2D eigenvalue weighted by atomic mass is 10.3. The van der Waals surface area contributed by atoms with Crippen molar-refractivity contribution in [2.45, 2.75) is 0 Å². The summed E-state index contributed by atoms with van der Waals surface area (Å²) in [4.78, 5) is 19.6. The van der Waals surface area contributed by atoms with E-state index in [1.165, 1.54) is 0 Å². The van der Waals surface area contributed by atoms with Crippen LogP contribution in [0.1, 0.15) is 10.5 Å². The number of nitrogen functional groups attached to an aromatic ring is 1. The molecule has 1 rings (SSSR count). The van der Waals surface area contributed by atoms with Gasteiger partial charge in [-0.25, -0.2) is 4.79 Å². The fraction of sp³-hybridized carbons (Fsp3) is 0. The van der Waals surface area contributed by atoms with Gasteiger partial charge in [-0.05, 0) is 0 Å². The molecule has 0 aromatic carbocycles. The fourth-order valence-electron chi connectivity index (χ4n) is 0.684. The van der Waals surface area contributed by atoms with Crippen LogP contribution < -0.4 is 5.73 Å². The molecule has 0 spiro atoms. The molecule has 0 unspecified atom stereocenters. The minimum atomic E-state index is -1.47. The van der Waals surface area contributed by atoms with Crippen LogP contribution in [-0.2, 0) is 0 Å². The zero-order valence-corrected chi connectivity index (χ0v) is 5.64. The van der Waals surface area contributed by atoms with Crippen molar-refractivity contribution < 1.29 is 14.8 Å². The number of carbonyl (C=O) groups is 1. The second-order valence-corrected chi connectivity index (χ2v) is 1.89. The molecule has 12 heavy (non-hydrogen) atoms. The Morgan fingerprint density at radius 2 is 2.33 bits per heavy atom. The van der Waals surface area contributed by atoms with Crippen LogP contribution in [0, 0.1) is 10.1 Å². The summed E-state index contributed by atoms with van der Waals surface area (Å²) in [5.41, 5.74) is 3.71. The number of carboxylic acids is 1. The Labute approximate surface area is 65.1 Å². The summed E-state index contributed by atoms with van der Waals surface area (Å²) >= 11 is 0. The molecule has 0 aliphatic rings. The Bertz CT molecular complexity index is 343. The first-order valence-electron chi connectivity index (χ1n) is 2.75. The van der Waals surface area contributed by atoms with E-state index in [0.29, 0.717) is 0 Å². The number of H-pyrrole nitrogens is 1. The van der Waals surface area contributed by atoms with Gasteiger partial charge in [0.1, 0.15) is 0 Å². The van der Waals surface area contributed by atoms with E-state index in [-0.39, 0.29) is 0 Å². The van der Waals surface area contributed by atoms with Crippen molar-refractivity contribution >= 4 is 17.5 Å². The lowest BCUT2D eigenvalue weighted by Crippen LogP contribution is -2.02. The number of nitrogens with two attached hydrogens (primary N) is 1. The van der Waals surface area contributed by atoms with Crippen LogP contribution in [0.25, 0.3) is 0 Å². The lowest BCUT2D eigenvalue weighted by Gasteiger charge is -1.88. The first-order valence-corrected chi connectivity index (χ1v) is 2.75. The first kappa shape index (κ1) is 7.98. The molecule has 0 fully saturated rings. The molecule has 1 aromatic rings. The highest BCUT2D eigenvalue weighted by molar-refractivity contribution is 5.92. The summed E-state index contributed by atoms with van der Waals surface area (Å²) in [5, 5.41) is 23.7. The normalized spacial score (nSPS) is 9.67. The molecule has 0 saturated carbocycles. The smallest absolute Gasteiger partial charge is 0.361 e. The van der Waals surface area contributed by atoms with E-state index in [2.05, 4.69) is 5.10 Å². The van der Waals surface area contributed by atoms with Gasteiger partial charge in [-0.15, -0.1) is 5.10 Å². The van der Waals surface area contributed by atoms with Crippen LogP contribution in [0.5, 0.6) is 0 Å². The molecule has 4 N–H and O–H groups in total. The van der Waals surface area contributed by atoms with Gasteiger partial charge in [-0.1, -0.05) is 0 Å². The predicted molar refractivity (Wildman–Crippen MR) is 36.6 cm³/mol. The SMILES string of the molecule is Nc1n[nH]c(C(=O)O)c1[N+](=O)[O-]. The number of hydrogen-bond donors (Lipinski definition) is 3. The summed E-state index contributed by atoms with van der Waals surface area (Å²) in [5.74, 6) is -1.90. The molecule has 8 heteroatoms. The van der Waals surface area contributed by atoms with Crippen molar-refractivity contribution in [2.75, 3.05) is 5.73 Å². The van der Waals surface area contributed by atoms with E-state index in [9.17, 15) is 14.9 Å². The largest absolute Gasteiger partial charge is 0.476 e. The highest BCUT2D eigenvalue weighted by atomic mass is 16.6. The summed E-state index contributed by atoms with van der Waals surface area (Å²) in [6.45, 7) is 0. The number of aromatic carboxylic acids is 1. The average Bonchev–Trinajstić information content (AvgIpc) is 2.30. The number of nitrogens with one attached hydrogen (secondary N) is 1. The molecular formula is C4H4N4O4. The molecule has 1 heterocycles. The van der Waals surface area contributed by atoms with Crippen molar-refractivity contribution in [1.82, 2.24) is 10.2 Å². The van der Waals surface area contributed by atoms with Gasteiger partial charge in [-0.3, -0.25) is 15.2 Å². The van der Waals surface area contributed by atoms with Crippen LogP contribution in [0.4, 0.5) is 11.5 Å². The van der Waals surface area contributed by atoms with Gasteiger partial charge < -0.3 is 10.8 Å². The molecule has 64 valence electrons. The summed E-state index contributed by atoms with van der Waals surface area (Å²) in [7, 11) is 0. The molecule has 0 radical (unpaired) electrons. The Kier molecular flexibility index (Phi) is 1.66. The quantitative estimate of drug-likeness (QED) is 0.410. The third-order valence-corrected chi connectivity index (χ3v) is 1.16. The molecule has 1 aromatic heterocycles. The molecule has 8 nitrogen and oxygen atoms in total. The number of anilines is 1. The van der Waals surface area contributed by atoms with Gasteiger partial charge in [-0.2, -0.15) is 0 Å². The van der Waals surface area contributed by atoms with E-state index >= 15 is 0 Å². The molecule has 0 atom stereocenters. The maximum absolute atomic E-state index is 10.3. The summed E-state index contributed by atoms with van der Waals surface area (Å²) < 4.78 is 0. The number of carboxylic acid groups (broad SMARTS) is 1. The third-order valence-electron chi connectivity index (χ3n) is 1.16. The Morgan fingerprint density at radius 1 is 1.75 bits per heavy atom. The topological polar surface area (TPSA) is 135 Å². The van der Waals surface area contributed by atoms with Gasteiger partial charge in [0.25, 0.3) is 0 Å². The first-order chi connectivity index (χ1) is 5.54. The van der Waals surface area contributed by atoms with Crippen molar-refractivity contribution in [3.05, 3.63) is 15.8 Å². The zero-order chi connectivity index (χ0) is 9.30. The highest BCUT2D eigenvalue weighted by Crippen LogP contribution is 2.22. The molecule has 0 saturated heterocycles. The second kappa shape index (κ2) is 2.49. The van der Waals surface area contributed by atoms with Crippen molar-refractivity contribution in [3.63, 3.8) is 0 Å². The van der Waals surface area contributed by atoms with E-state index in [0.717, 1.165) is 0 Å². The molecule has 0 aliphatic heterocycles. The van der Waals surface area contributed by atoms with Gasteiger partial charge in [0, 0.05) is 0 Å². The minimum absolute atomic E-state index is 0.433. The number of nitrogens with zero attached hydrogens (tertiary/aromatic N) is 2. The molecule has 0 bridgehead atoms. The van der Waals surface area contributed by atoms with Crippen LogP contribution in [-0.4, -0.2) is 26.2 Å². The Morgan fingerprint density at radius 3 is 2.67 bits per heavy atom. The van der Waals surface area contributed by atoms with Crippen LogP contribution in [0.3, 0.4) is 0 Å². The zero-order valence-electron chi connectivity index (χ0n) is 5.64. The minimum Gasteiger partial charge on any atom is -0.476 e. The monoisotopic (exact) mass is 172 g/mol. The number of hydrogen-bond acceptors (Lipinski definition) is 5. The van der Waals surface area contributed by atoms with Crippen LogP contribution in [0.2, 0.25) is 0 Å². The maximum Gasteiger partial charge on any atom is 0.361 e. The number of aromatic nitrogens is 2. The average molecular weight is 172 g/mol. The van der Waals surface area contributed by atoms with Gasteiger partial charge in [0.05, 0.1) is 4.92 Å². The number of aromatic amines is 1. The summed E-state index contributed by atoms with van der Waals surface area (Å²) in [6.07, 6.45) is 0. The van der Waals surface area contributed by atoms with Crippen LogP contribution in [0.15, 0.2) is 0 Å². The second-order valence-electron chi connectivity index (χ2n) is 1.89. The standard InChI is InChI=1S/C4H4N4O4/c5-3-2(8(11)12)1(4(9)10)6-7-3/h(H,9,10)(H3,5,6,7).